The molecular formula is C13H24N2O3S2. The van der Waals surface area contributed by atoms with Crippen molar-refractivity contribution < 1.29 is 13.2 Å². The van der Waals surface area contributed by atoms with Gasteiger partial charge in [0.1, 0.15) is 5.37 Å². The predicted molar refractivity (Wildman–Crippen MR) is 82.7 cm³/mol. The van der Waals surface area contributed by atoms with Crippen molar-refractivity contribution >= 4 is 27.6 Å². The molecule has 2 amide bonds. The molecule has 1 aliphatic heterocycles. The lowest BCUT2D eigenvalue weighted by molar-refractivity contribution is 0.188. The van der Waals surface area contributed by atoms with Crippen LogP contribution < -0.4 is 5.32 Å². The van der Waals surface area contributed by atoms with Crippen molar-refractivity contribution in [1.82, 2.24) is 10.2 Å². The molecule has 2 fully saturated rings. The Labute approximate surface area is 125 Å². The topological polar surface area (TPSA) is 66.5 Å². The molecule has 0 radical (unpaired) electrons. The highest BCUT2D eigenvalue weighted by atomic mass is 32.2. The van der Waals surface area contributed by atoms with Gasteiger partial charge >= 0.3 is 6.03 Å². The monoisotopic (exact) mass is 320 g/mol. The number of hydrogen-bond acceptors (Lipinski definition) is 4. The maximum absolute atomic E-state index is 12.4. The molecule has 1 aliphatic carbocycles. The SMILES string of the molecule is CCS(=O)(=O)C1CSCCN1C(=O)NC1CCCCC1. The summed E-state index contributed by atoms with van der Waals surface area (Å²) in [4.78, 5) is 13.9. The molecule has 0 aromatic carbocycles. The Morgan fingerprint density at radius 3 is 2.65 bits per heavy atom. The zero-order chi connectivity index (χ0) is 14.6. The fourth-order valence-electron chi connectivity index (χ4n) is 2.81. The van der Waals surface area contributed by atoms with E-state index in [0.29, 0.717) is 12.3 Å². The molecule has 2 rings (SSSR count). The molecule has 116 valence electrons. The lowest BCUT2D eigenvalue weighted by atomic mass is 9.96. The van der Waals surface area contributed by atoms with E-state index in [1.54, 1.807) is 18.7 Å². The van der Waals surface area contributed by atoms with Crippen LogP contribution >= 0.6 is 11.8 Å². The van der Waals surface area contributed by atoms with Gasteiger partial charge in [0.15, 0.2) is 9.84 Å². The van der Waals surface area contributed by atoms with Gasteiger partial charge in [-0.15, -0.1) is 0 Å². The molecule has 20 heavy (non-hydrogen) atoms. The average Bonchev–Trinajstić information content (AvgIpc) is 2.48. The molecule has 2 aliphatic rings. The highest BCUT2D eigenvalue weighted by Gasteiger charge is 2.36. The summed E-state index contributed by atoms with van der Waals surface area (Å²) in [6.45, 7) is 2.17. The Kier molecular flexibility index (Phi) is 5.60. The highest BCUT2D eigenvalue weighted by molar-refractivity contribution is 8.01. The summed E-state index contributed by atoms with van der Waals surface area (Å²) in [5, 5.41) is 2.37. The first-order valence-electron chi connectivity index (χ1n) is 7.41. The van der Waals surface area contributed by atoms with Gasteiger partial charge in [0.25, 0.3) is 0 Å². The summed E-state index contributed by atoms with van der Waals surface area (Å²) in [5.74, 6) is 1.40. The van der Waals surface area contributed by atoms with Crippen LogP contribution in [-0.4, -0.2) is 54.6 Å². The van der Waals surface area contributed by atoms with E-state index >= 15 is 0 Å². The quantitative estimate of drug-likeness (QED) is 0.861. The molecule has 1 atom stereocenters. The number of sulfone groups is 1. The second-order valence-electron chi connectivity index (χ2n) is 5.46. The zero-order valence-electron chi connectivity index (χ0n) is 12.0. The molecule has 1 saturated heterocycles. The first kappa shape index (κ1) is 15.9. The Balaban J connectivity index is 2.01. The molecule has 1 saturated carbocycles. The van der Waals surface area contributed by atoms with Crippen molar-refractivity contribution in [3.8, 4) is 0 Å². The van der Waals surface area contributed by atoms with Crippen LogP contribution in [0.1, 0.15) is 39.0 Å². The lowest BCUT2D eigenvalue weighted by Crippen LogP contribution is -2.55. The Morgan fingerprint density at radius 2 is 2.00 bits per heavy atom. The minimum Gasteiger partial charge on any atom is -0.335 e. The molecule has 7 heteroatoms. The molecule has 0 bridgehead atoms. The number of nitrogens with one attached hydrogen (secondary N) is 1. The number of thioether (sulfide) groups is 1. The third-order valence-electron chi connectivity index (χ3n) is 4.10. The van der Waals surface area contributed by atoms with Gasteiger partial charge in [-0.05, 0) is 12.8 Å². The largest absolute Gasteiger partial charge is 0.335 e. The number of carbonyl (C=O) groups is 1. The summed E-state index contributed by atoms with van der Waals surface area (Å²) in [5.41, 5.74) is 0. The molecule has 0 aromatic rings. The fourth-order valence-corrected chi connectivity index (χ4v) is 5.77. The van der Waals surface area contributed by atoms with Gasteiger partial charge < -0.3 is 10.2 Å². The van der Waals surface area contributed by atoms with Gasteiger partial charge in [0.05, 0.1) is 0 Å². The van der Waals surface area contributed by atoms with E-state index in [4.69, 9.17) is 0 Å². The molecule has 0 aromatic heterocycles. The standard InChI is InChI=1S/C13H24N2O3S2/c1-2-20(17,18)12-10-19-9-8-15(12)13(16)14-11-6-4-3-5-7-11/h11-12H,2-10H2,1H3,(H,14,16). The van der Waals surface area contributed by atoms with Crippen LogP contribution in [0.15, 0.2) is 0 Å². The molecule has 1 unspecified atom stereocenters. The third kappa shape index (κ3) is 3.81. The first-order chi connectivity index (χ1) is 9.54. The summed E-state index contributed by atoms with van der Waals surface area (Å²) in [6, 6.07) is 0.0232. The van der Waals surface area contributed by atoms with Crippen molar-refractivity contribution in [2.45, 2.75) is 50.4 Å². The van der Waals surface area contributed by atoms with Crippen molar-refractivity contribution in [3.05, 3.63) is 0 Å². The van der Waals surface area contributed by atoms with E-state index in [1.165, 1.54) is 11.3 Å². The van der Waals surface area contributed by atoms with E-state index in [-0.39, 0.29) is 17.8 Å². The molecule has 1 heterocycles. The molecule has 0 spiro atoms. The van der Waals surface area contributed by atoms with Gasteiger partial charge in [-0.25, -0.2) is 13.2 Å². The van der Waals surface area contributed by atoms with Crippen LogP contribution in [0.3, 0.4) is 0 Å². The van der Waals surface area contributed by atoms with Crippen molar-refractivity contribution in [3.63, 3.8) is 0 Å². The van der Waals surface area contributed by atoms with E-state index in [1.807, 2.05) is 0 Å². The highest BCUT2D eigenvalue weighted by Crippen LogP contribution is 2.23. The van der Waals surface area contributed by atoms with Crippen LogP contribution in [0, 0.1) is 0 Å². The second kappa shape index (κ2) is 7.02. The maximum Gasteiger partial charge on any atom is 0.318 e. The molecule has 1 N–H and O–H groups in total. The Hall–Kier alpha value is -0.430. The number of rotatable bonds is 3. The third-order valence-corrected chi connectivity index (χ3v) is 7.38. The van der Waals surface area contributed by atoms with E-state index in [9.17, 15) is 13.2 Å². The van der Waals surface area contributed by atoms with Crippen molar-refractivity contribution in [1.29, 1.82) is 0 Å². The number of carbonyl (C=O) groups excluding carboxylic acids is 1. The van der Waals surface area contributed by atoms with Gasteiger partial charge in [-0.1, -0.05) is 26.2 Å². The van der Waals surface area contributed by atoms with Gasteiger partial charge in [0, 0.05) is 29.8 Å². The van der Waals surface area contributed by atoms with E-state index in [0.717, 1.165) is 31.4 Å². The van der Waals surface area contributed by atoms with Gasteiger partial charge in [-0.2, -0.15) is 11.8 Å². The summed E-state index contributed by atoms with van der Waals surface area (Å²) < 4.78 is 24.3. The van der Waals surface area contributed by atoms with Gasteiger partial charge in [0.2, 0.25) is 0 Å². The second-order valence-corrected chi connectivity index (χ2v) is 9.06. The molecule has 5 nitrogen and oxygen atoms in total. The van der Waals surface area contributed by atoms with Crippen molar-refractivity contribution in [2.75, 3.05) is 23.8 Å². The van der Waals surface area contributed by atoms with Crippen LogP contribution in [0.4, 0.5) is 4.79 Å². The van der Waals surface area contributed by atoms with Crippen LogP contribution in [0.5, 0.6) is 0 Å². The fraction of sp³-hybridized carbons (Fsp3) is 0.923. The first-order valence-corrected chi connectivity index (χ1v) is 10.3. The Morgan fingerprint density at radius 1 is 1.30 bits per heavy atom. The smallest absolute Gasteiger partial charge is 0.318 e. The van der Waals surface area contributed by atoms with Gasteiger partial charge in [-0.3, -0.25) is 0 Å². The van der Waals surface area contributed by atoms with Crippen molar-refractivity contribution in [2.24, 2.45) is 0 Å². The number of urea groups is 1. The zero-order valence-corrected chi connectivity index (χ0v) is 13.6. The molecular weight excluding hydrogens is 296 g/mol. The Bertz CT molecular complexity index is 433. The van der Waals surface area contributed by atoms with Crippen LogP contribution in [-0.2, 0) is 9.84 Å². The van der Waals surface area contributed by atoms with E-state index in [2.05, 4.69) is 5.32 Å². The summed E-state index contributed by atoms with van der Waals surface area (Å²) in [6.07, 6.45) is 5.56. The lowest BCUT2D eigenvalue weighted by Gasteiger charge is -2.36. The average molecular weight is 320 g/mol. The number of hydrogen-bond donors (Lipinski definition) is 1. The van der Waals surface area contributed by atoms with E-state index < -0.39 is 15.2 Å². The maximum atomic E-state index is 12.4. The minimum atomic E-state index is -3.21. The summed E-state index contributed by atoms with van der Waals surface area (Å²) in [7, 11) is -3.21. The predicted octanol–water partition coefficient (Wildman–Crippen LogP) is 1.84. The summed E-state index contributed by atoms with van der Waals surface area (Å²) >= 11 is 1.61. The van der Waals surface area contributed by atoms with Crippen LogP contribution in [0.25, 0.3) is 0 Å². The normalized spacial score (nSPS) is 25.4. The minimum absolute atomic E-state index is 0.0887. The van der Waals surface area contributed by atoms with Crippen LogP contribution in [0.2, 0.25) is 0 Å². The number of amides is 2. The number of nitrogens with zero attached hydrogens (tertiary/aromatic N) is 1.